The second-order valence-corrected chi connectivity index (χ2v) is 5.01. The van der Waals surface area contributed by atoms with Crippen LogP contribution in [0.15, 0.2) is 4.99 Å². The van der Waals surface area contributed by atoms with Gasteiger partial charge in [0.25, 0.3) is 0 Å². The summed E-state index contributed by atoms with van der Waals surface area (Å²) in [5.41, 5.74) is 0. The van der Waals surface area contributed by atoms with Gasteiger partial charge in [0, 0.05) is 41.3 Å². The van der Waals surface area contributed by atoms with Gasteiger partial charge in [-0.3, -0.25) is 4.90 Å². The van der Waals surface area contributed by atoms with E-state index in [-0.39, 0.29) is 30.0 Å². The summed E-state index contributed by atoms with van der Waals surface area (Å²) in [5.74, 6) is 0.786. The second-order valence-electron chi connectivity index (χ2n) is 5.01. The highest BCUT2D eigenvalue weighted by Crippen LogP contribution is 2.21. The highest BCUT2D eigenvalue weighted by Gasteiger charge is 2.34. The Morgan fingerprint density at radius 3 is 2.16 bits per heavy atom. The Morgan fingerprint density at radius 1 is 1.21 bits per heavy atom. The summed E-state index contributed by atoms with van der Waals surface area (Å²) in [6.45, 7) is 0.00475. The summed E-state index contributed by atoms with van der Waals surface area (Å²) >= 11 is 0. The molecule has 0 bridgehead atoms. The summed E-state index contributed by atoms with van der Waals surface area (Å²) in [4.78, 5) is 9.66. The van der Waals surface area contributed by atoms with Crippen LogP contribution in [0.1, 0.15) is 6.42 Å². The van der Waals surface area contributed by atoms with Gasteiger partial charge in [0.15, 0.2) is 5.96 Å². The number of aliphatic imine (C=N–C) groups is 1. The molecule has 0 spiro atoms. The minimum Gasteiger partial charge on any atom is -0.349 e. The maximum Gasteiger partial charge on any atom is 0.401 e. The lowest BCUT2D eigenvalue weighted by atomic mass is 10.3. The van der Waals surface area contributed by atoms with Crippen molar-refractivity contribution in [3.63, 3.8) is 0 Å². The molecule has 114 valence electrons. The maximum atomic E-state index is 12.3. The summed E-state index contributed by atoms with van der Waals surface area (Å²) in [6.07, 6.45) is -3.44. The number of hydrogen-bond donors (Lipinski definition) is 0. The van der Waals surface area contributed by atoms with Crippen LogP contribution < -0.4 is 0 Å². The monoisotopic (exact) mass is 394 g/mol. The topological polar surface area (TPSA) is 22.1 Å². The Labute approximate surface area is 129 Å². The van der Waals surface area contributed by atoms with E-state index in [1.165, 1.54) is 4.90 Å². The quantitative estimate of drug-likeness (QED) is 0.405. The van der Waals surface area contributed by atoms with Crippen molar-refractivity contribution >= 4 is 29.9 Å². The summed E-state index contributed by atoms with van der Waals surface area (Å²) < 4.78 is 36.8. The largest absolute Gasteiger partial charge is 0.401 e. The van der Waals surface area contributed by atoms with Crippen LogP contribution in [0.2, 0.25) is 0 Å². The van der Waals surface area contributed by atoms with E-state index in [9.17, 15) is 13.2 Å². The molecule has 1 rings (SSSR count). The number of nitrogens with zero attached hydrogens (tertiary/aromatic N) is 4. The van der Waals surface area contributed by atoms with E-state index < -0.39 is 12.7 Å². The fourth-order valence-corrected chi connectivity index (χ4v) is 2.11. The molecular formula is C11H22F3IN4. The average Bonchev–Trinajstić information content (AvgIpc) is 2.58. The van der Waals surface area contributed by atoms with Gasteiger partial charge in [-0.05, 0) is 6.42 Å². The van der Waals surface area contributed by atoms with E-state index in [4.69, 9.17) is 0 Å². The van der Waals surface area contributed by atoms with Crippen molar-refractivity contribution in [3.8, 4) is 0 Å². The molecule has 0 amide bonds. The van der Waals surface area contributed by atoms with Gasteiger partial charge in [-0.25, -0.2) is 4.99 Å². The van der Waals surface area contributed by atoms with Crippen molar-refractivity contribution in [2.75, 3.05) is 47.8 Å². The molecule has 1 saturated heterocycles. The molecular weight excluding hydrogens is 372 g/mol. The molecule has 1 fully saturated rings. The van der Waals surface area contributed by atoms with E-state index in [1.807, 2.05) is 38.0 Å². The second kappa shape index (κ2) is 7.51. The Morgan fingerprint density at radius 2 is 1.74 bits per heavy atom. The van der Waals surface area contributed by atoms with Crippen molar-refractivity contribution in [2.24, 2.45) is 4.99 Å². The summed E-state index contributed by atoms with van der Waals surface area (Å²) in [5, 5.41) is 0. The van der Waals surface area contributed by atoms with E-state index in [0.717, 1.165) is 5.96 Å². The molecule has 0 aromatic carbocycles. The third kappa shape index (κ3) is 6.64. The number of hydrogen-bond acceptors (Lipinski definition) is 2. The van der Waals surface area contributed by atoms with Gasteiger partial charge in [-0.15, -0.1) is 24.0 Å². The number of halogens is 4. The molecule has 4 nitrogen and oxygen atoms in total. The zero-order chi connectivity index (χ0) is 13.9. The first-order chi connectivity index (χ1) is 8.19. The van der Waals surface area contributed by atoms with E-state index in [0.29, 0.717) is 19.5 Å². The first-order valence-corrected chi connectivity index (χ1v) is 5.90. The van der Waals surface area contributed by atoms with Crippen molar-refractivity contribution < 1.29 is 13.2 Å². The van der Waals surface area contributed by atoms with E-state index in [1.54, 1.807) is 0 Å². The summed E-state index contributed by atoms with van der Waals surface area (Å²) in [6, 6.07) is -0.0489. The standard InChI is InChI=1S/C11H21F3N4.HI/c1-16(2)10(17(3)4)15-9-5-6-18(7-9)8-11(12,13)14;/h9H,5-8H2,1-4H3;1H. The third-order valence-corrected chi connectivity index (χ3v) is 2.75. The number of guanidine groups is 1. The number of alkyl halides is 3. The van der Waals surface area contributed by atoms with Gasteiger partial charge in [0.2, 0.25) is 0 Å². The lowest BCUT2D eigenvalue weighted by Gasteiger charge is -2.24. The Kier molecular flexibility index (Phi) is 7.41. The van der Waals surface area contributed by atoms with Crippen molar-refractivity contribution in [1.82, 2.24) is 14.7 Å². The highest BCUT2D eigenvalue weighted by atomic mass is 127. The molecule has 0 radical (unpaired) electrons. The van der Waals surface area contributed by atoms with Crippen molar-refractivity contribution in [2.45, 2.75) is 18.6 Å². The zero-order valence-electron chi connectivity index (χ0n) is 11.7. The van der Waals surface area contributed by atoms with Crippen LogP contribution in [0.4, 0.5) is 13.2 Å². The molecule has 8 heteroatoms. The van der Waals surface area contributed by atoms with Gasteiger partial charge >= 0.3 is 6.18 Å². The normalized spacial score (nSPS) is 19.8. The molecule has 0 aliphatic carbocycles. The molecule has 0 N–H and O–H groups in total. The predicted molar refractivity (Wildman–Crippen MR) is 81.1 cm³/mol. The minimum atomic E-state index is -4.12. The Bertz CT molecular complexity index is 295. The van der Waals surface area contributed by atoms with Gasteiger partial charge in [0.1, 0.15) is 0 Å². The van der Waals surface area contributed by atoms with Crippen LogP contribution in [0.25, 0.3) is 0 Å². The molecule has 1 aliphatic rings. The molecule has 1 aliphatic heterocycles. The molecule has 1 unspecified atom stereocenters. The molecule has 19 heavy (non-hydrogen) atoms. The molecule has 0 aromatic heterocycles. The van der Waals surface area contributed by atoms with Crippen LogP contribution in [0.5, 0.6) is 0 Å². The number of likely N-dealkylation sites (tertiary alicyclic amines) is 1. The fraction of sp³-hybridized carbons (Fsp3) is 0.909. The smallest absolute Gasteiger partial charge is 0.349 e. The van der Waals surface area contributed by atoms with Crippen LogP contribution in [-0.2, 0) is 0 Å². The minimum absolute atomic E-state index is 0. The van der Waals surface area contributed by atoms with Crippen LogP contribution >= 0.6 is 24.0 Å². The first-order valence-electron chi connectivity index (χ1n) is 5.90. The first kappa shape index (κ1) is 18.8. The van der Waals surface area contributed by atoms with Crippen LogP contribution in [0, 0.1) is 0 Å². The molecule has 0 saturated carbocycles. The third-order valence-electron chi connectivity index (χ3n) is 2.75. The number of rotatable bonds is 2. The highest BCUT2D eigenvalue weighted by molar-refractivity contribution is 14.0. The van der Waals surface area contributed by atoms with Gasteiger partial charge in [0.05, 0.1) is 12.6 Å². The van der Waals surface area contributed by atoms with Gasteiger partial charge < -0.3 is 9.80 Å². The van der Waals surface area contributed by atoms with Crippen LogP contribution in [0.3, 0.4) is 0 Å². The maximum absolute atomic E-state index is 12.3. The SMILES string of the molecule is CN(C)C(=NC1CCN(CC(F)(F)F)C1)N(C)C.I. The lowest BCUT2D eigenvalue weighted by Crippen LogP contribution is -2.37. The van der Waals surface area contributed by atoms with Crippen molar-refractivity contribution in [3.05, 3.63) is 0 Å². The van der Waals surface area contributed by atoms with Crippen molar-refractivity contribution in [1.29, 1.82) is 0 Å². The average molecular weight is 394 g/mol. The van der Waals surface area contributed by atoms with E-state index in [2.05, 4.69) is 4.99 Å². The van der Waals surface area contributed by atoms with Crippen LogP contribution in [-0.4, -0.2) is 80.7 Å². The lowest BCUT2D eigenvalue weighted by molar-refractivity contribution is -0.143. The molecule has 0 aromatic rings. The fourth-order valence-electron chi connectivity index (χ4n) is 2.11. The molecule has 1 heterocycles. The Balaban J connectivity index is 0.00000324. The summed E-state index contributed by atoms with van der Waals surface area (Å²) in [7, 11) is 7.51. The zero-order valence-corrected chi connectivity index (χ0v) is 14.1. The predicted octanol–water partition coefficient (Wildman–Crippen LogP) is 1.72. The van der Waals surface area contributed by atoms with E-state index >= 15 is 0 Å². The van der Waals surface area contributed by atoms with Gasteiger partial charge in [-0.1, -0.05) is 0 Å². The van der Waals surface area contributed by atoms with Gasteiger partial charge in [-0.2, -0.15) is 13.2 Å². The molecule has 1 atom stereocenters. The Hall–Kier alpha value is -0.250.